The number of fused-ring (bicyclic) bond motifs is 2. The third-order valence-electron chi connectivity index (χ3n) is 6.28. The quantitative estimate of drug-likeness (QED) is 0.590. The summed E-state index contributed by atoms with van der Waals surface area (Å²) in [7, 11) is 1.75. The fraction of sp³-hybridized carbons (Fsp3) is 0.417. The first-order chi connectivity index (χ1) is 16.6. The topological polar surface area (TPSA) is 107 Å². The van der Waals surface area contributed by atoms with E-state index in [1.54, 1.807) is 29.1 Å². The molecule has 0 unspecified atom stereocenters. The highest BCUT2D eigenvalue weighted by molar-refractivity contribution is 6.04. The van der Waals surface area contributed by atoms with Crippen molar-refractivity contribution in [3.63, 3.8) is 0 Å². The molecule has 5 rings (SSSR count). The number of hydrogen-bond donors (Lipinski definition) is 2. The van der Waals surface area contributed by atoms with E-state index >= 15 is 0 Å². The van der Waals surface area contributed by atoms with Crippen LogP contribution < -0.4 is 15.1 Å². The molecule has 11 heteroatoms. The van der Waals surface area contributed by atoms with Crippen LogP contribution in [-0.2, 0) is 11.2 Å². The minimum absolute atomic E-state index is 0.0437. The Kier molecular flexibility index (Phi) is 5.49. The summed E-state index contributed by atoms with van der Waals surface area (Å²) >= 11 is 0. The van der Waals surface area contributed by atoms with Gasteiger partial charge in [-0.15, -0.1) is 0 Å². The van der Waals surface area contributed by atoms with Crippen LogP contribution in [0.4, 0.5) is 31.2 Å². The number of rotatable bonds is 3. The second kappa shape index (κ2) is 8.40. The SMILES string of the molecule is CN(C(=O)OC(C)(C)C)C1CN(c2ccnc3c2CCN3C(=O)Nc2cc(F)c3[nH]ncc3c2)C1. The third kappa shape index (κ3) is 4.33. The third-order valence-corrected chi connectivity index (χ3v) is 6.28. The van der Waals surface area contributed by atoms with Gasteiger partial charge in [0.2, 0.25) is 0 Å². The predicted molar refractivity (Wildman–Crippen MR) is 130 cm³/mol. The van der Waals surface area contributed by atoms with Gasteiger partial charge in [0.25, 0.3) is 0 Å². The van der Waals surface area contributed by atoms with Crippen molar-refractivity contribution in [2.75, 3.05) is 41.8 Å². The maximum atomic E-state index is 14.3. The van der Waals surface area contributed by atoms with Crippen LogP contribution in [0, 0.1) is 5.82 Å². The normalized spacial score (nSPS) is 15.7. The van der Waals surface area contributed by atoms with Crippen molar-refractivity contribution < 1.29 is 18.7 Å². The number of carbonyl (C=O) groups is 2. The van der Waals surface area contributed by atoms with Crippen molar-refractivity contribution >= 4 is 40.2 Å². The molecule has 3 amide bonds. The smallest absolute Gasteiger partial charge is 0.410 e. The van der Waals surface area contributed by atoms with Crippen molar-refractivity contribution in [2.45, 2.75) is 38.8 Å². The van der Waals surface area contributed by atoms with Crippen LogP contribution in [0.2, 0.25) is 0 Å². The van der Waals surface area contributed by atoms with E-state index in [9.17, 15) is 14.0 Å². The van der Waals surface area contributed by atoms with E-state index in [0.717, 1.165) is 11.3 Å². The van der Waals surface area contributed by atoms with E-state index in [1.807, 2.05) is 26.8 Å². The summed E-state index contributed by atoms with van der Waals surface area (Å²) in [6, 6.07) is 4.54. The number of H-pyrrole nitrogens is 1. The lowest BCUT2D eigenvalue weighted by atomic mass is 10.0. The highest BCUT2D eigenvalue weighted by Gasteiger charge is 2.37. The van der Waals surface area contributed by atoms with Gasteiger partial charge in [0, 0.05) is 55.2 Å². The zero-order chi connectivity index (χ0) is 24.9. The van der Waals surface area contributed by atoms with Gasteiger partial charge in [0.05, 0.1) is 12.2 Å². The molecule has 2 aromatic heterocycles. The fourth-order valence-electron chi connectivity index (χ4n) is 4.42. The molecule has 184 valence electrons. The number of benzene rings is 1. The van der Waals surface area contributed by atoms with Crippen LogP contribution in [0.1, 0.15) is 26.3 Å². The van der Waals surface area contributed by atoms with Crippen molar-refractivity contribution in [1.29, 1.82) is 0 Å². The first-order valence-electron chi connectivity index (χ1n) is 11.5. The van der Waals surface area contributed by atoms with Crippen LogP contribution in [0.5, 0.6) is 0 Å². The van der Waals surface area contributed by atoms with Gasteiger partial charge in [-0.05, 0) is 45.4 Å². The largest absolute Gasteiger partial charge is 0.444 e. The van der Waals surface area contributed by atoms with E-state index in [2.05, 4.69) is 25.4 Å². The molecule has 0 spiro atoms. The standard InChI is InChI=1S/C24H28FN7O3/c1-24(2,3)35-23(34)30(4)16-12-31(13-16)19-5-7-26-21-17(19)6-8-32(21)22(33)28-15-9-14-11-27-29-20(14)18(25)10-15/h5,7,9-11,16H,6,8,12-13H2,1-4H3,(H,27,29)(H,28,33). The number of anilines is 3. The zero-order valence-corrected chi connectivity index (χ0v) is 20.1. The van der Waals surface area contributed by atoms with Gasteiger partial charge in [0.15, 0.2) is 5.82 Å². The highest BCUT2D eigenvalue weighted by Crippen LogP contribution is 2.36. The van der Waals surface area contributed by atoms with Crippen LogP contribution >= 0.6 is 0 Å². The van der Waals surface area contributed by atoms with Gasteiger partial charge in [-0.25, -0.2) is 19.0 Å². The Bertz CT molecular complexity index is 1300. The summed E-state index contributed by atoms with van der Waals surface area (Å²) in [5, 5.41) is 9.78. The molecular formula is C24H28FN7O3. The monoisotopic (exact) mass is 481 g/mol. The zero-order valence-electron chi connectivity index (χ0n) is 20.1. The molecular weight excluding hydrogens is 453 g/mol. The Morgan fingerprint density at radius 1 is 1.29 bits per heavy atom. The van der Waals surface area contributed by atoms with Gasteiger partial charge in [-0.3, -0.25) is 10.00 Å². The number of nitrogens with one attached hydrogen (secondary N) is 2. The summed E-state index contributed by atoms with van der Waals surface area (Å²) in [6.07, 6.45) is 3.51. The number of hydrogen-bond acceptors (Lipinski definition) is 6. The van der Waals surface area contributed by atoms with E-state index in [-0.39, 0.29) is 18.2 Å². The molecule has 2 aliphatic rings. The Morgan fingerprint density at radius 3 is 2.80 bits per heavy atom. The van der Waals surface area contributed by atoms with Crippen LogP contribution in [0.15, 0.2) is 30.6 Å². The molecule has 1 saturated heterocycles. The number of halogens is 1. The van der Waals surface area contributed by atoms with Crippen LogP contribution in [0.3, 0.4) is 0 Å². The van der Waals surface area contributed by atoms with Gasteiger partial charge < -0.3 is 19.9 Å². The Hall–Kier alpha value is -3.89. The first-order valence-corrected chi connectivity index (χ1v) is 11.5. The minimum atomic E-state index is -0.541. The lowest BCUT2D eigenvalue weighted by Crippen LogP contribution is -2.60. The molecule has 1 fully saturated rings. The molecule has 0 bridgehead atoms. The molecule has 35 heavy (non-hydrogen) atoms. The summed E-state index contributed by atoms with van der Waals surface area (Å²) in [6.45, 7) is 7.35. The Balaban J connectivity index is 1.27. The number of amides is 3. The molecule has 4 heterocycles. The maximum absolute atomic E-state index is 14.3. The second-order valence-corrected chi connectivity index (χ2v) is 9.91. The summed E-state index contributed by atoms with van der Waals surface area (Å²) in [4.78, 5) is 35.2. The van der Waals surface area contributed by atoms with Crippen molar-refractivity contribution in [2.24, 2.45) is 0 Å². The molecule has 0 atom stereocenters. The molecule has 0 saturated carbocycles. The predicted octanol–water partition coefficient (Wildman–Crippen LogP) is 3.75. The van der Waals surface area contributed by atoms with Crippen molar-refractivity contribution in [1.82, 2.24) is 20.1 Å². The molecule has 10 nitrogen and oxygen atoms in total. The summed E-state index contributed by atoms with van der Waals surface area (Å²) in [5.74, 6) is 0.107. The van der Waals surface area contributed by atoms with Gasteiger partial charge in [0.1, 0.15) is 16.9 Å². The molecule has 3 aromatic rings. The lowest BCUT2D eigenvalue weighted by molar-refractivity contribution is 0.0197. The Morgan fingerprint density at radius 2 is 2.06 bits per heavy atom. The van der Waals surface area contributed by atoms with Gasteiger partial charge in [-0.1, -0.05) is 0 Å². The van der Waals surface area contributed by atoms with Gasteiger partial charge in [-0.2, -0.15) is 5.10 Å². The number of pyridine rings is 1. The number of likely N-dealkylation sites (N-methyl/N-ethyl adjacent to an activating group) is 1. The summed E-state index contributed by atoms with van der Waals surface area (Å²) in [5.41, 5.74) is 2.09. The number of aromatic nitrogens is 3. The minimum Gasteiger partial charge on any atom is -0.444 e. The van der Waals surface area contributed by atoms with E-state index in [4.69, 9.17) is 4.74 Å². The number of nitrogens with zero attached hydrogens (tertiary/aromatic N) is 5. The van der Waals surface area contributed by atoms with E-state index in [1.165, 1.54) is 12.3 Å². The molecule has 2 aliphatic heterocycles. The number of aromatic amines is 1. The average Bonchev–Trinajstić information content (AvgIpc) is 3.39. The molecule has 2 N–H and O–H groups in total. The van der Waals surface area contributed by atoms with E-state index in [0.29, 0.717) is 48.5 Å². The lowest BCUT2D eigenvalue weighted by Gasteiger charge is -2.45. The second-order valence-electron chi connectivity index (χ2n) is 9.91. The van der Waals surface area contributed by atoms with Gasteiger partial charge >= 0.3 is 12.1 Å². The maximum Gasteiger partial charge on any atom is 0.410 e. The first kappa shape index (κ1) is 22.9. The van der Waals surface area contributed by atoms with Crippen LogP contribution in [0.25, 0.3) is 10.9 Å². The highest BCUT2D eigenvalue weighted by atomic mass is 19.1. The number of carbonyl (C=O) groups excluding carboxylic acids is 2. The van der Waals surface area contributed by atoms with Crippen LogP contribution in [-0.4, -0.2) is 70.5 Å². The Labute approximate surface area is 202 Å². The van der Waals surface area contributed by atoms with E-state index < -0.39 is 11.4 Å². The number of urea groups is 1. The fourth-order valence-corrected chi connectivity index (χ4v) is 4.42. The molecule has 1 aromatic carbocycles. The molecule has 0 aliphatic carbocycles. The van der Waals surface area contributed by atoms with Crippen molar-refractivity contribution in [3.8, 4) is 0 Å². The summed E-state index contributed by atoms with van der Waals surface area (Å²) < 4.78 is 19.7. The molecule has 0 radical (unpaired) electrons. The van der Waals surface area contributed by atoms with Crippen molar-refractivity contribution in [3.05, 3.63) is 42.0 Å². The number of ether oxygens (including phenoxy) is 1. The average molecular weight is 482 g/mol.